The van der Waals surface area contributed by atoms with E-state index in [-0.39, 0.29) is 12.1 Å². The monoisotopic (exact) mass is 343 g/mol. The van der Waals surface area contributed by atoms with Crippen LogP contribution in [0.1, 0.15) is 11.3 Å². The number of carbonyl (C=O) groups is 1. The molecule has 25 heavy (non-hydrogen) atoms. The van der Waals surface area contributed by atoms with Crippen molar-refractivity contribution in [3.63, 3.8) is 0 Å². The molecule has 7 heteroatoms. The van der Waals surface area contributed by atoms with Crippen LogP contribution >= 0.6 is 0 Å². The lowest BCUT2D eigenvalue weighted by Crippen LogP contribution is -2.47. The second kappa shape index (κ2) is 8.13. The zero-order chi connectivity index (χ0) is 17.6. The maximum absolute atomic E-state index is 12.1. The maximum Gasteiger partial charge on any atom is 0.320 e. The van der Waals surface area contributed by atoms with Gasteiger partial charge in [0.1, 0.15) is 5.82 Å². The molecule has 0 unspecified atom stereocenters. The third kappa shape index (κ3) is 5.04. The number of nitrogens with zero attached hydrogens (tertiary/aromatic N) is 3. The van der Waals surface area contributed by atoms with Crippen molar-refractivity contribution >= 4 is 11.8 Å². The zero-order valence-corrected chi connectivity index (χ0v) is 14.7. The van der Waals surface area contributed by atoms with E-state index in [1.54, 1.807) is 11.7 Å². The molecule has 0 radical (unpaired) electrons. The van der Waals surface area contributed by atoms with Crippen LogP contribution in [0.5, 0.6) is 0 Å². The highest BCUT2D eigenvalue weighted by atomic mass is 16.5. The van der Waals surface area contributed by atoms with Crippen LogP contribution in [0, 0.1) is 6.92 Å². The fraction of sp³-hybridized carbons (Fsp3) is 0.444. The molecule has 2 N–H and O–H groups in total. The Morgan fingerprint density at radius 3 is 2.88 bits per heavy atom. The number of aromatic nitrogens is 2. The van der Waals surface area contributed by atoms with Gasteiger partial charge >= 0.3 is 6.03 Å². The largest absolute Gasteiger partial charge is 0.374 e. The maximum atomic E-state index is 12.1. The Labute approximate surface area is 148 Å². The summed E-state index contributed by atoms with van der Waals surface area (Å²) in [5, 5.41) is 9.89. The SMILES string of the molecule is Cc1cc(NC(=O)NC[C@H]2CN(Cc3ccccc3)CCO2)n(C)n1. The van der Waals surface area contributed by atoms with Crippen molar-refractivity contribution in [3.05, 3.63) is 47.7 Å². The van der Waals surface area contributed by atoms with Crippen LogP contribution in [-0.4, -0.2) is 53.1 Å². The summed E-state index contributed by atoms with van der Waals surface area (Å²) in [7, 11) is 1.80. The van der Waals surface area contributed by atoms with Crippen LogP contribution < -0.4 is 10.6 Å². The molecule has 2 aromatic rings. The van der Waals surface area contributed by atoms with Crippen molar-refractivity contribution < 1.29 is 9.53 Å². The third-order valence-electron chi connectivity index (χ3n) is 4.21. The molecule has 0 aliphatic carbocycles. The number of urea groups is 1. The minimum absolute atomic E-state index is 0.00325. The van der Waals surface area contributed by atoms with Crippen molar-refractivity contribution in [1.82, 2.24) is 20.0 Å². The summed E-state index contributed by atoms with van der Waals surface area (Å²) in [5.41, 5.74) is 2.16. The van der Waals surface area contributed by atoms with Crippen LogP contribution in [0.4, 0.5) is 10.6 Å². The summed E-state index contributed by atoms with van der Waals surface area (Å²) in [6.07, 6.45) is -0.00325. The Hall–Kier alpha value is -2.38. The minimum Gasteiger partial charge on any atom is -0.374 e. The van der Waals surface area contributed by atoms with Gasteiger partial charge in [0.15, 0.2) is 0 Å². The highest BCUT2D eigenvalue weighted by molar-refractivity contribution is 5.88. The molecular formula is C18H25N5O2. The van der Waals surface area contributed by atoms with Crippen molar-refractivity contribution in [2.24, 2.45) is 7.05 Å². The highest BCUT2D eigenvalue weighted by Gasteiger charge is 2.21. The summed E-state index contributed by atoms with van der Waals surface area (Å²) in [4.78, 5) is 14.4. The molecule has 1 saturated heterocycles. The van der Waals surface area contributed by atoms with Crippen molar-refractivity contribution in [2.45, 2.75) is 19.6 Å². The number of amides is 2. The Morgan fingerprint density at radius 1 is 1.36 bits per heavy atom. The van der Waals surface area contributed by atoms with Crippen LogP contribution in [-0.2, 0) is 18.3 Å². The van der Waals surface area contributed by atoms with Crippen molar-refractivity contribution in [2.75, 3.05) is 31.6 Å². The number of benzene rings is 1. The Kier molecular flexibility index (Phi) is 5.67. The van der Waals surface area contributed by atoms with Gasteiger partial charge in [0, 0.05) is 39.3 Å². The summed E-state index contributed by atoms with van der Waals surface area (Å²) in [5.74, 6) is 0.672. The van der Waals surface area contributed by atoms with Crippen LogP contribution in [0.15, 0.2) is 36.4 Å². The number of nitrogens with one attached hydrogen (secondary N) is 2. The summed E-state index contributed by atoms with van der Waals surface area (Å²) in [6, 6.07) is 12.0. The van der Waals surface area contributed by atoms with Gasteiger partial charge in [-0.1, -0.05) is 30.3 Å². The van der Waals surface area contributed by atoms with Gasteiger partial charge in [0.25, 0.3) is 0 Å². The van der Waals surface area contributed by atoms with E-state index in [9.17, 15) is 4.79 Å². The molecule has 134 valence electrons. The van der Waals surface area contributed by atoms with Crippen molar-refractivity contribution in [3.8, 4) is 0 Å². The first-order valence-corrected chi connectivity index (χ1v) is 8.53. The van der Waals surface area contributed by atoms with Gasteiger partial charge in [-0.2, -0.15) is 5.10 Å². The van der Waals surface area contributed by atoms with Crippen LogP contribution in [0.3, 0.4) is 0 Å². The summed E-state index contributed by atoms with van der Waals surface area (Å²) < 4.78 is 7.42. The lowest BCUT2D eigenvalue weighted by atomic mass is 10.2. The number of morpholine rings is 1. The number of anilines is 1. The number of hydrogen-bond donors (Lipinski definition) is 2. The van der Waals surface area contributed by atoms with Gasteiger partial charge in [-0.25, -0.2) is 4.79 Å². The number of aryl methyl sites for hydroxylation is 2. The van der Waals surface area contributed by atoms with E-state index < -0.39 is 0 Å². The molecule has 1 fully saturated rings. The fourth-order valence-corrected chi connectivity index (χ4v) is 2.98. The van der Waals surface area contributed by atoms with E-state index in [1.165, 1.54) is 5.56 Å². The van der Waals surface area contributed by atoms with Crippen LogP contribution in [0.25, 0.3) is 0 Å². The van der Waals surface area contributed by atoms with E-state index >= 15 is 0 Å². The smallest absolute Gasteiger partial charge is 0.320 e. The summed E-state index contributed by atoms with van der Waals surface area (Å²) >= 11 is 0. The molecule has 0 spiro atoms. The van der Waals surface area contributed by atoms with E-state index in [0.29, 0.717) is 19.0 Å². The Bertz CT molecular complexity index is 701. The molecule has 1 atom stereocenters. The average molecular weight is 343 g/mol. The molecule has 2 heterocycles. The molecule has 7 nitrogen and oxygen atoms in total. The van der Waals surface area contributed by atoms with E-state index in [1.807, 2.05) is 19.1 Å². The third-order valence-corrected chi connectivity index (χ3v) is 4.21. The number of rotatable bonds is 5. The Balaban J connectivity index is 1.44. The normalized spacial score (nSPS) is 18.1. The Morgan fingerprint density at radius 2 is 2.16 bits per heavy atom. The standard InChI is InChI=1S/C18H25N5O2/c1-14-10-17(22(2)21-14)20-18(24)19-11-16-13-23(8-9-25-16)12-15-6-4-3-5-7-15/h3-7,10,16H,8-9,11-13H2,1-2H3,(H2,19,20,24)/t16-/m0/s1. The molecule has 3 rings (SSSR count). The van der Waals surface area contributed by atoms with Gasteiger partial charge in [0.05, 0.1) is 18.4 Å². The van der Waals surface area contributed by atoms with E-state index in [0.717, 1.165) is 25.3 Å². The molecule has 0 bridgehead atoms. The highest BCUT2D eigenvalue weighted by Crippen LogP contribution is 2.11. The first-order valence-electron chi connectivity index (χ1n) is 8.53. The van der Waals surface area contributed by atoms with E-state index in [2.05, 4.69) is 44.9 Å². The van der Waals surface area contributed by atoms with Gasteiger partial charge in [-0.05, 0) is 12.5 Å². The molecule has 1 aromatic carbocycles. The first kappa shape index (κ1) is 17.4. The lowest BCUT2D eigenvalue weighted by Gasteiger charge is -2.33. The molecule has 0 saturated carbocycles. The molecule has 1 aliphatic heterocycles. The molecule has 2 amide bonds. The predicted molar refractivity (Wildman–Crippen MR) is 96.4 cm³/mol. The second-order valence-electron chi connectivity index (χ2n) is 6.34. The van der Waals surface area contributed by atoms with Crippen LogP contribution in [0.2, 0.25) is 0 Å². The average Bonchev–Trinajstić information content (AvgIpc) is 2.91. The molecular weight excluding hydrogens is 318 g/mol. The van der Waals surface area contributed by atoms with Crippen molar-refractivity contribution in [1.29, 1.82) is 0 Å². The fourth-order valence-electron chi connectivity index (χ4n) is 2.98. The molecule has 1 aliphatic rings. The van der Waals surface area contributed by atoms with Gasteiger partial charge in [0.2, 0.25) is 0 Å². The molecule has 1 aromatic heterocycles. The quantitative estimate of drug-likeness (QED) is 0.868. The second-order valence-corrected chi connectivity index (χ2v) is 6.34. The van der Waals surface area contributed by atoms with Gasteiger partial charge in [-0.3, -0.25) is 14.9 Å². The van der Waals surface area contributed by atoms with Gasteiger partial charge < -0.3 is 10.1 Å². The van der Waals surface area contributed by atoms with Gasteiger partial charge in [-0.15, -0.1) is 0 Å². The lowest BCUT2D eigenvalue weighted by molar-refractivity contribution is -0.0285. The van der Waals surface area contributed by atoms with E-state index in [4.69, 9.17) is 4.74 Å². The number of hydrogen-bond acceptors (Lipinski definition) is 4. The first-order chi connectivity index (χ1) is 12.1. The summed E-state index contributed by atoms with van der Waals surface area (Å²) in [6.45, 7) is 5.67. The minimum atomic E-state index is -0.244. The number of ether oxygens (including phenoxy) is 1. The zero-order valence-electron chi connectivity index (χ0n) is 14.7. The topological polar surface area (TPSA) is 71.4 Å². The predicted octanol–water partition coefficient (Wildman–Crippen LogP) is 1.75. The number of carbonyl (C=O) groups excluding carboxylic acids is 1.